The van der Waals surface area contributed by atoms with Gasteiger partial charge in [-0.25, -0.2) is 17.6 Å². The van der Waals surface area contributed by atoms with E-state index in [1.165, 1.54) is 0 Å². The van der Waals surface area contributed by atoms with E-state index in [-0.39, 0.29) is 31.2 Å². The van der Waals surface area contributed by atoms with Crippen molar-refractivity contribution in [2.24, 2.45) is 5.92 Å². The summed E-state index contributed by atoms with van der Waals surface area (Å²) in [6, 6.07) is 2.70. The molecule has 1 aliphatic rings. The van der Waals surface area contributed by atoms with Crippen molar-refractivity contribution in [2.45, 2.75) is 11.3 Å². The Morgan fingerprint density at radius 3 is 2.65 bits per heavy atom. The summed E-state index contributed by atoms with van der Waals surface area (Å²) in [4.78, 5) is 10.2. The number of benzene rings is 1. The minimum absolute atomic E-state index is 0.119. The summed E-state index contributed by atoms with van der Waals surface area (Å²) in [5.41, 5.74) is -0.309. The Labute approximate surface area is 115 Å². The van der Waals surface area contributed by atoms with Crippen molar-refractivity contribution in [2.75, 3.05) is 19.7 Å². The Morgan fingerprint density at radius 2 is 2.15 bits per heavy atom. The zero-order valence-electron chi connectivity index (χ0n) is 10.5. The molecule has 0 aromatic heterocycles. The largest absolute Gasteiger partial charge is 0.478 e. The maximum atomic E-state index is 13.8. The fourth-order valence-electron chi connectivity index (χ4n) is 2.15. The fraction of sp³-hybridized carbons (Fsp3) is 0.417. The quantitative estimate of drug-likeness (QED) is 0.846. The summed E-state index contributed by atoms with van der Waals surface area (Å²) in [5, 5.41) is 17.7. The average Bonchev–Trinajstić information content (AvgIpc) is 2.87. The monoisotopic (exact) mass is 303 g/mol. The number of aliphatic hydroxyl groups excluding tert-OH is 1. The van der Waals surface area contributed by atoms with Crippen molar-refractivity contribution in [3.05, 3.63) is 29.6 Å². The predicted octanol–water partition coefficient (Wildman–Crippen LogP) is 0.527. The first-order chi connectivity index (χ1) is 9.36. The number of halogens is 1. The zero-order valence-corrected chi connectivity index (χ0v) is 11.3. The number of rotatable bonds is 4. The van der Waals surface area contributed by atoms with Crippen LogP contribution in [0.25, 0.3) is 0 Å². The second-order valence-corrected chi connectivity index (χ2v) is 6.56. The summed E-state index contributed by atoms with van der Waals surface area (Å²) in [6.07, 6.45) is 0.518. The molecule has 0 amide bonds. The van der Waals surface area contributed by atoms with Gasteiger partial charge in [-0.1, -0.05) is 0 Å². The minimum Gasteiger partial charge on any atom is -0.478 e. The second-order valence-electron chi connectivity index (χ2n) is 4.65. The average molecular weight is 303 g/mol. The van der Waals surface area contributed by atoms with Gasteiger partial charge in [0, 0.05) is 19.7 Å². The molecule has 1 fully saturated rings. The van der Waals surface area contributed by atoms with Crippen LogP contribution in [0.3, 0.4) is 0 Å². The van der Waals surface area contributed by atoms with Crippen molar-refractivity contribution in [3.63, 3.8) is 0 Å². The van der Waals surface area contributed by atoms with Gasteiger partial charge in [-0.05, 0) is 30.5 Å². The highest BCUT2D eigenvalue weighted by atomic mass is 32.2. The lowest BCUT2D eigenvalue weighted by Gasteiger charge is -2.16. The molecule has 1 aromatic rings. The highest BCUT2D eigenvalue weighted by Crippen LogP contribution is 2.26. The zero-order chi connectivity index (χ0) is 14.9. The highest BCUT2D eigenvalue weighted by Gasteiger charge is 2.34. The molecular weight excluding hydrogens is 289 g/mol. The van der Waals surface area contributed by atoms with Gasteiger partial charge >= 0.3 is 5.97 Å². The highest BCUT2D eigenvalue weighted by molar-refractivity contribution is 7.89. The number of nitrogens with zero attached hydrogens (tertiary/aromatic N) is 1. The Balaban J connectivity index is 2.33. The molecule has 2 rings (SSSR count). The normalized spacial score (nSPS) is 20.2. The Hall–Kier alpha value is -1.51. The third kappa shape index (κ3) is 2.67. The van der Waals surface area contributed by atoms with Gasteiger partial charge in [0.2, 0.25) is 10.0 Å². The number of aromatic carboxylic acids is 1. The maximum absolute atomic E-state index is 13.8. The fourth-order valence-corrected chi connectivity index (χ4v) is 3.72. The van der Waals surface area contributed by atoms with Crippen LogP contribution in [-0.4, -0.2) is 48.6 Å². The van der Waals surface area contributed by atoms with Gasteiger partial charge in [-0.2, -0.15) is 4.31 Å². The summed E-state index contributed by atoms with van der Waals surface area (Å²) in [6.45, 7) is 0.235. The van der Waals surface area contributed by atoms with Crippen LogP contribution in [0.1, 0.15) is 16.8 Å². The molecule has 1 atom stereocenters. The standard InChI is InChI=1S/C12H14FNO5S/c13-10-5-9(12(16)17)1-2-11(10)20(18,19)14-4-3-8(6-14)7-15/h1-2,5,8,15H,3-4,6-7H2,(H,16,17). The third-order valence-electron chi connectivity index (χ3n) is 3.30. The SMILES string of the molecule is O=C(O)c1ccc(S(=O)(=O)N2CCC(CO)C2)c(F)c1. The lowest BCUT2D eigenvalue weighted by molar-refractivity contribution is 0.0696. The number of hydrogen-bond acceptors (Lipinski definition) is 4. The lowest BCUT2D eigenvalue weighted by Crippen LogP contribution is -2.30. The molecule has 110 valence electrons. The van der Waals surface area contributed by atoms with Crippen LogP contribution < -0.4 is 0 Å². The van der Waals surface area contributed by atoms with Gasteiger partial charge in [0.05, 0.1) is 5.56 Å². The molecule has 0 radical (unpaired) electrons. The Bertz CT molecular complexity index is 631. The molecule has 1 aliphatic heterocycles. The first kappa shape index (κ1) is 14.9. The molecule has 1 unspecified atom stereocenters. The number of sulfonamides is 1. The maximum Gasteiger partial charge on any atom is 0.335 e. The van der Waals surface area contributed by atoms with Gasteiger partial charge in [0.1, 0.15) is 10.7 Å². The molecule has 8 heteroatoms. The predicted molar refractivity (Wildman–Crippen MR) is 67.3 cm³/mol. The number of carbonyl (C=O) groups is 1. The molecule has 0 saturated carbocycles. The minimum atomic E-state index is -4.00. The van der Waals surface area contributed by atoms with Gasteiger partial charge in [-0.15, -0.1) is 0 Å². The van der Waals surface area contributed by atoms with E-state index in [4.69, 9.17) is 10.2 Å². The van der Waals surface area contributed by atoms with Crippen molar-refractivity contribution < 1.29 is 27.8 Å². The van der Waals surface area contributed by atoms with Crippen LogP contribution in [-0.2, 0) is 10.0 Å². The topological polar surface area (TPSA) is 94.9 Å². The Morgan fingerprint density at radius 1 is 1.45 bits per heavy atom. The molecule has 2 N–H and O–H groups in total. The van der Waals surface area contributed by atoms with E-state index in [1.807, 2.05) is 0 Å². The van der Waals surface area contributed by atoms with Gasteiger partial charge in [-0.3, -0.25) is 0 Å². The number of carboxylic acid groups (broad SMARTS) is 1. The summed E-state index contributed by atoms with van der Waals surface area (Å²) >= 11 is 0. The number of carboxylic acids is 1. The lowest BCUT2D eigenvalue weighted by atomic mass is 10.1. The first-order valence-electron chi connectivity index (χ1n) is 6.00. The molecular formula is C12H14FNO5S. The number of aliphatic hydroxyl groups is 1. The van der Waals surface area contributed by atoms with E-state index < -0.39 is 26.7 Å². The summed E-state index contributed by atoms with van der Waals surface area (Å²) in [7, 11) is -4.00. The summed E-state index contributed by atoms with van der Waals surface area (Å²) < 4.78 is 39.4. The van der Waals surface area contributed by atoms with E-state index >= 15 is 0 Å². The van der Waals surface area contributed by atoms with Crippen LogP contribution >= 0.6 is 0 Å². The molecule has 0 aliphatic carbocycles. The van der Waals surface area contributed by atoms with Crippen LogP contribution in [0, 0.1) is 11.7 Å². The smallest absolute Gasteiger partial charge is 0.335 e. The van der Waals surface area contributed by atoms with E-state index in [2.05, 4.69) is 0 Å². The van der Waals surface area contributed by atoms with E-state index in [0.29, 0.717) is 12.5 Å². The molecule has 20 heavy (non-hydrogen) atoms. The molecule has 1 aromatic carbocycles. The van der Waals surface area contributed by atoms with Crippen molar-refractivity contribution in [1.29, 1.82) is 0 Å². The first-order valence-corrected chi connectivity index (χ1v) is 7.44. The molecule has 0 spiro atoms. The second kappa shape index (κ2) is 5.47. The molecule has 0 bridgehead atoms. The van der Waals surface area contributed by atoms with E-state index in [1.54, 1.807) is 0 Å². The molecule has 1 heterocycles. The van der Waals surface area contributed by atoms with E-state index in [9.17, 15) is 17.6 Å². The van der Waals surface area contributed by atoms with Crippen LogP contribution in [0.5, 0.6) is 0 Å². The van der Waals surface area contributed by atoms with Gasteiger partial charge < -0.3 is 10.2 Å². The third-order valence-corrected chi connectivity index (χ3v) is 5.20. The Kier molecular flexibility index (Phi) is 4.07. The van der Waals surface area contributed by atoms with Crippen LogP contribution in [0.15, 0.2) is 23.1 Å². The van der Waals surface area contributed by atoms with Crippen LogP contribution in [0.4, 0.5) is 4.39 Å². The molecule has 1 saturated heterocycles. The number of hydrogen-bond donors (Lipinski definition) is 2. The van der Waals surface area contributed by atoms with Gasteiger partial charge in [0.15, 0.2) is 0 Å². The molecule has 6 nitrogen and oxygen atoms in total. The van der Waals surface area contributed by atoms with Gasteiger partial charge in [0.25, 0.3) is 0 Å². The van der Waals surface area contributed by atoms with E-state index in [0.717, 1.165) is 16.4 Å². The summed E-state index contributed by atoms with van der Waals surface area (Å²) in [5.74, 6) is -2.56. The van der Waals surface area contributed by atoms with Crippen molar-refractivity contribution in [3.8, 4) is 0 Å². The van der Waals surface area contributed by atoms with Crippen LogP contribution in [0.2, 0.25) is 0 Å². The van der Waals surface area contributed by atoms with Crippen molar-refractivity contribution in [1.82, 2.24) is 4.31 Å². The van der Waals surface area contributed by atoms with Crippen molar-refractivity contribution >= 4 is 16.0 Å².